The van der Waals surface area contributed by atoms with Gasteiger partial charge in [0.25, 0.3) is 0 Å². The van der Waals surface area contributed by atoms with Crippen LogP contribution in [0.4, 0.5) is 0 Å². The minimum atomic E-state index is -2.36. The average Bonchev–Trinajstić information content (AvgIpc) is 3.01. The fraction of sp³-hybridized carbons (Fsp3) is 1.00. The first-order valence-corrected chi connectivity index (χ1v) is 9.62. The van der Waals surface area contributed by atoms with Crippen molar-refractivity contribution >= 4 is 7.14 Å². The summed E-state index contributed by atoms with van der Waals surface area (Å²) in [4.78, 5) is 0. The van der Waals surface area contributed by atoms with Crippen LogP contribution in [0.2, 0.25) is 0 Å². The first-order chi connectivity index (χ1) is 9.16. The van der Waals surface area contributed by atoms with E-state index in [-0.39, 0.29) is 24.9 Å². The highest BCUT2D eigenvalue weighted by molar-refractivity contribution is 7.62. The summed E-state index contributed by atoms with van der Waals surface area (Å²) < 4.78 is 34.1. The van der Waals surface area contributed by atoms with Crippen LogP contribution in [0.25, 0.3) is 0 Å². The van der Waals surface area contributed by atoms with Gasteiger partial charge in [0.1, 0.15) is 19.8 Å². The summed E-state index contributed by atoms with van der Waals surface area (Å²) in [5.74, 6) is 0. The molecule has 0 N–H and O–H groups in total. The second kappa shape index (κ2) is 7.75. The van der Waals surface area contributed by atoms with Crippen LogP contribution in [-0.4, -0.2) is 58.0 Å². The molecule has 2 unspecified atom stereocenters. The van der Waals surface area contributed by atoms with E-state index in [2.05, 4.69) is 0 Å². The van der Waals surface area contributed by atoms with Gasteiger partial charge in [-0.15, -0.1) is 0 Å². The molecule has 0 aromatic carbocycles. The number of hydrogen-bond acceptors (Lipinski definition) is 5. The Morgan fingerprint density at radius 3 is 1.84 bits per heavy atom. The molecule has 112 valence electrons. The van der Waals surface area contributed by atoms with Gasteiger partial charge in [0.2, 0.25) is 0 Å². The van der Waals surface area contributed by atoms with Crippen molar-refractivity contribution in [2.45, 2.75) is 37.9 Å². The smallest absolute Gasteiger partial charge is 0.133 e. The van der Waals surface area contributed by atoms with Gasteiger partial charge in [0.05, 0.1) is 25.4 Å². The van der Waals surface area contributed by atoms with Crippen molar-refractivity contribution in [2.24, 2.45) is 0 Å². The van der Waals surface area contributed by atoms with Crippen LogP contribution in [0.3, 0.4) is 0 Å². The lowest BCUT2D eigenvalue weighted by atomic mass is 10.2. The molecule has 0 aromatic heterocycles. The normalized spacial score (nSPS) is 30.6. The van der Waals surface area contributed by atoms with Gasteiger partial charge in [0.15, 0.2) is 0 Å². The molecule has 2 aliphatic heterocycles. The van der Waals surface area contributed by atoms with Crippen LogP contribution in [-0.2, 0) is 23.5 Å². The predicted molar refractivity (Wildman–Crippen MR) is 73.1 cm³/mol. The molecule has 2 saturated heterocycles. The van der Waals surface area contributed by atoms with Crippen molar-refractivity contribution in [3.63, 3.8) is 0 Å². The molecule has 2 heterocycles. The third kappa shape index (κ3) is 5.92. The zero-order valence-electron chi connectivity index (χ0n) is 11.7. The summed E-state index contributed by atoms with van der Waals surface area (Å²) in [5, 5.41) is 0. The summed E-state index contributed by atoms with van der Waals surface area (Å²) in [6.45, 7) is 4.47. The Kier molecular flexibility index (Phi) is 6.30. The molecule has 2 atom stereocenters. The van der Waals surface area contributed by atoms with Crippen molar-refractivity contribution in [3.05, 3.63) is 0 Å². The van der Waals surface area contributed by atoms with Gasteiger partial charge >= 0.3 is 0 Å². The number of ether oxygens (including phenoxy) is 4. The first kappa shape index (κ1) is 15.5. The Hall–Kier alpha value is 0.0700. The molecular weight excluding hydrogens is 267 g/mol. The van der Waals surface area contributed by atoms with Crippen LogP contribution in [0.1, 0.15) is 25.7 Å². The lowest BCUT2D eigenvalue weighted by molar-refractivity contribution is 0.0246. The molecule has 2 rings (SSSR count). The van der Waals surface area contributed by atoms with Gasteiger partial charge in [-0.05, 0) is 32.3 Å². The summed E-state index contributed by atoms with van der Waals surface area (Å²) in [5.41, 5.74) is 0. The summed E-state index contributed by atoms with van der Waals surface area (Å²) in [6, 6.07) is 0. The molecule has 6 heteroatoms. The Bertz CT molecular complexity index is 271. The summed E-state index contributed by atoms with van der Waals surface area (Å²) >= 11 is 0. The molecule has 0 bridgehead atoms. The Balaban J connectivity index is 1.54. The Morgan fingerprint density at radius 2 is 1.47 bits per heavy atom. The van der Waals surface area contributed by atoms with E-state index in [1.807, 2.05) is 0 Å². The minimum absolute atomic E-state index is 0.188. The monoisotopic (exact) mass is 292 g/mol. The average molecular weight is 292 g/mol. The first-order valence-electron chi connectivity index (χ1n) is 7.10. The maximum absolute atomic E-state index is 12.2. The van der Waals surface area contributed by atoms with Gasteiger partial charge in [-0.1, -0.05) is 0 Å². The lowest BCUT2D eigenvalue weighted by Gasteiger charge is -2.17. The highest BCUT2D eigenvalue weighted by Gasteiger charge is 2.21. The van der Waals surface area contributed by atoms with E-state index in [1.165, 1.54) is 0 Å². The zero-order valence-corrected chi connectivity index (χ0v) is 12.6. The topological polar surface area (TPSA) is 54.0 Å². The quantitative estimate of drug-likeness (QED) is 0.642. The molecule has 19 heavy (non-hydrogen) atoms. The largest absolute Gasteiger partial charge is 0.376 e. The fourth-order valence-electron chi connectivity index (χ4n) is 2.34. The summed E-state index contributed by atoms with van der Waals surface area (Å²) in [7, 11) is -2.36. The molecular formula is C13H25O5P. The fourth-order valence-corrected chi connectivity index (χ4v) is 3.40. The standard InChI is InChI=1S/C13H25O5P/c1-19(14,10-15-8-12-4-2-6-17-12)11-16-9-13-5-3-7-18-13/h12-13H,2-11H2,1H3. The van der Waals surface area contributed by atoms with Crippen LogP contribution in [0, 0.1) is 0 Å². The molecule has 0 aromatic rings. The number of rotatable bonds is 8. The molecule has 0 radical (unpaired) electrons. The van der Waals surface area contributed by atoms with Gasteiger partial charge < -0.3 is 23.5 Å². The van der Waals surface area contributed by atoms with E-state index in [9.17, 15) is 4.57 Å². The van der Waals surface area contributed by atoms with Crippen molar-refractivity contribution in [2.75, 3.05) is 45.8 Å². The van der Waals surface area contributed by atoms with Crippen LogP contribution >= 0.6 is 7.14 Å². The van der Waals surface area contributed by atoms with Crippen molar-refractivity contribution in [1.82, 2.24) is 0 Å². The van der Waals surface area contributed by atoms with E-state index in [0.29, 0.717) is 13.2 Å². The van der Waals surface area contributed by atoms with Crippen LogP contribution in [0.15, 0.2) is 0 Å². The summed E-state index contributed by atoms with van der Waals surface area (Å²) in [6.07, 6.45) is 5.22. The third-order valence-electron chi connectivity index (χ3n) is 3.38. The molecule has 0 amide bonds. The van der Waals surface area contributed by atoms with E-state index in [0.717, 1.165) is 38.9 Å². The SMILES string of the molecule is CP(=O)(COCC1CCCO1)COCC1CCCO1. The molecule has 0 aliphatic carbocycles. The highest BCUT2D eigenvalue weighted by atomic mass is 31.2. The molecule has 0 spiro atoms. The second-order valence-electron chi connectivity index (χ2n) is 5.57. The van der Waals surface area contributed by atoms with Crippen LogP contribution < -0.4 is 0 Å². The maximum atomic E-state index is 12.2. The Morgan fingerprint density at radius 1 is 1.00 bits per heavy atom. The van der Waals surface area contributed by atoms with Crippen molar-refractivity contribution in [3.8, 4) is 0 Å². The highest BCUT2D eigenvalue weighted by Crippen LogP contribution is 2.41. The molecule has 5 nitrogen and oxygen atoms in total. The van der Waals surface area contributed by atoms with E-state index < -0.39 is 7.14 Å². The van der Waals surface area contributed by atoms with Crippen molar-refractivity contribution in [1.29, 1.82) is 0 Å². The second-order valence-corrected chi connectivity index (χ2v) is 8.68. The molecule has 2 aliphatic rings. The van der Waals surface area contributed by atoms with Gasteiger partial charge in [0, 0.05) is 13.2 Å². The number of hydrogen-bond donors (Lipinski definition) is 0. The maximum Gasteiger partial charge on any atom is 0.133 e. The predicted octanol–water partition coefficient (Wildman–Crippen LogP) is 2.29. The lowest BCUT2D eigenvalue weighted by Crippen LogP contribution is -2.17. The third-order valence-corrected chi connectivity index (χ3v) is 4.84. The van der Waals surface area contributed by atoms with E-state index >= 15 is 0 Å². The van der Waals surface area contributed by atoms with Gasteiger partial charge in [-0.2, -0.15) is 0 Å². The van der Waals surface area contributed by atoms with E-state index in [1.54, 1.807) is 6.66 Å². The van der Waals surface area contributed by atoms with Gasteiger partial charge in [-0.3, -0.25) is 0 Å². The minimum Gasteiger partial charge on any atom is -0.376 e. The molecule has 2 fully saturated rings. The Labute approximate surface area is 115 Å². The van der Waals surface area contributed by atoms with Gasteiger partial charge in [-0.25, -0.2) is 0 Å². The molecule has 0 saturated carbocycles. The van der Waals surface area contributed by atoms with Crippen LogP contribution in [0.5, 0.6) is 0 Å². The zero-order chi connectivity index (χ0) is 13.6. The van der Waals surface area contributed by atoms with E-state index in [4.69, 9.17) is 18.9 Å². The van der Waals surface area contributed by atoms with Crippen molar-refractivity contribution < 1.29 is 23.5 Å².